The smallest absolute Gasteiger partial charge is 0.146 e. The van der Waals surface area contributed by atoms with Crippen molar-refractivity contribution in [2.24, 2.45) is 5.92 Å². The van der Waals surface area contributed by atoms with Crippen LogP contribution in [0.4, 0.5) is 0 Å². The minimum absolute atomic E-state index is 0.0913. The summed E-state index contributed by atoms with van der Waals surface area (Å²) >= 11 is 0. The van der Waals surface area contributed by atoms with Gasteiger partial charge in [-0.3, -0.25) is 4.57 Å². The molecular weight excluding hydrogens is 344 g/mol. The Kier molecular flexibility index (Phi) is 4.97. The molecule has 28 heavy (non-hydrogen) atoms. The fraction of sp³-hybridized carbons (Fsp3) is 0.160. The molecule has 1 atom stereocenters. The van der Waals surface area contributed by atoms with E-state index in [1.165, 1.54) is 0 Å². The first kappa shape index (κ1) is 18.0. The molecule has 0 bridgehead atoms. The van der Waals surface area contributed by atoms with Gasteiger partial charge in [-0.05, 0) is 42.3 Å². The number of fused-ring (bicyclic) bond motifs is 1. The van der Waals surface area contributed by atoms with Gasteiger partial charge in [0.15, 0.2) is 0 Å². The Morgan fingerprint density at radius 2 is 1.54 bits per heavy atom. The highest BCUT2D eigenvalue weighted by Gasteiger charge is 2.16. The maximum absolute atomic E-state index is 10.1. The lowest BCUT2D eigenvalue weighted by atomic mass is 10.0. The number of imidazole rings is 1. The van der Waals surface area contributed by atoms with Crippen LogP contribution >= 0.6 is 0 Å². The van der Waals surface area contributed by atoms with Crippen LogP contribution in [-0.4, -0.2) is 20.8 Å². The van der Waals surface area contributed by atoms with Crippen molar-refractivity contribution in [1.29, 1.82) is 0 Å². The lowest BCUT2D eigenvalue weighted by Crippen LogP contribution is -2.11. The van der Waals surface area contributed by atoms with Gasteiger partial charge in [0, 0.05) is 16.8 Å². The van der Waals surface area contributed by atoms with E-state index >= 15 is 0 Å². The molecule has 4 aromatic rings. The van der Waals surface area contributed by atoms with Gasteiger partial charge in [0.25, 0.3) is 0 Å². The average Bonchev–Trinajstić information content (AvgIpc) is 3.12. The number of rotatable bonds is 3. The fourth-order valence-electron chi connectivity index (χ4n) is 3.15. The quantitative estimate of drug-likeness (QED) is 0.515. The third-order valence-electron chi connectivity index (χ3n) is 4.73. The second-order valence-corrected chi connectivity index (χ2v) is 7.10. The largest absolute Gasteiger partial charge is 0.380 e. The first-order chi connectivity index (χ1) is 13.6. The van der Waals surface area contributed by atoms with Crippen molar-refractivity contribution < 1.29 is 5.11 Å². The standard InChI is InChI=1S/C25H22N2O/c1-18(2)24(28)17-16-19-10-6-7-13-21(19)25-26-22-14-8-9-15-23(22)27(25)20-11-4-3-5-12-20/h3-15,18,24,28H,1-2H3. The van der Waals surface area contributed by atoms with Gasteiger partial charge in [0.05, 0.1) is 11.0 Å². The molecule has 1 aromatic heterocycles. The Morgan fingerprint density at radius 3 is 2.32 bits per heavy atom. The van der Waals surface area contributed by atoms with Crippen molar-refractivity contribution in [2.45, 2.75) is 20.0 Å². The van der Waals surface area contributed by atoms with Crippen LogP contribution < -0.4 is 0 Å². The predicted molar refractivity (Wildman–Crippen MR) is 114 cm³/mol. The summed E-state index contributed by atoms with van der Waals surface area (Å²) in [6.45, 7) is 3.92. The molecule has 3 nitrogen and oxygen atoms in total. The summed E-state index contributed by atoms with van der Waals surface area (Å²) in [5, 5.41) is 10.1. The molecule has 1 heterocycles. The third-order valence-corrected chi connectivity index (χ3v) is 4.73. The summed E-state index contributed by atoms with van der Waals surface area (Å²) in [6.07, 6.45) is -0.652. The first-order valence-electron chi connectivity index (χ1n) is 9.47. The van der Waals surface area contributed by atoms with Crippen LogP contribution in [0.15, 0.2) is 78.9 Å². The van der Waals surface area contributed by atoms with E-state index in [4.69, 9.17) is 4.98 Å². The topological polar surface area (TPSA) is 38.1 Å². The molecule has 1 N–H and O–H groups in total. The molecule has 0 aliphatic rings. The van der Waals surface area contributed by atoms with Gasteiger partial charge >= 0.3 is 0 Å². The zero-order chi connectivity index (χ0) is 19.5. The maximum atomic E-state index is 10.1. The van der Waals surface area contributed by atoms with Crippen LogP contribution in [0.3, 0.4) is 0 Å². The van der Waals surface area contributed by atoms with Gasteiger partial charge in [-0.2, -0.15) is 0 Å². The highest BCUT2D eigenvalue weighted by atomic mass is 16.3. The highest BCUT2D eigenvalue weighted by molar-refractivity contribution is 5.84. The molecule has 3 aromatic carbocycles. The second-order valence-electron chi connectivity index (χ2n) is 7.10. The summed E-state index contributed by atoms with van der Waals surface area (Å²) < 4.78 is 2.16. The van der Waals surface area contributed by atoms with E-state index in [1.54, 1.807) is 0 Å². The molecule has 0 aliphatic heterocycles. The van der Waals surface area contributed by atoms with Crippen LogP contribution in [0.1, 0.15) is 19.4 Å². The first-order valence-corrected chi connectivity index (χ1v) is 9.47. The van der Waals surface area contributed by atoms with Crippen LogP contribution in [0.25, 0.3) is 28.1 Å². The molecule has 3 heteroatoms. The number of nitrogens with zero attached hydrogens (tertiary/aromatic N) is 2. The van der Waals surface area contributed by atoms with Crippen molar-refractivity contribution in [1.82, 2.24) is 9.55 Å². The van der Waals surface area contributed by atoms with E-state index in [0.717, 1.165) is 33.7 Å². The summed E-state index contributed by atoms with van der Waals surface area (Å²) in [7, 11) is 0. The Hall–Kier alpha value is -3.35. The number of aromatic nitrogens is 2. The molecule has 0 fully saturated rings. The monoisotopic (exact) mass is 366 g/mol. The molecule has 4 rings (SSSR count). The summed E-state index contributed by atoms with van der Waals surface area (Å²) in [5.41, 5.74) is 4.84. The Balaban J connectivity index is 1.94. The van der Waals surface area contributed by atoms with Crippen molar-refractivity contribution in [3.8, 4) is 28.9 Å². The molecule has 0 aliphatic carbocycles. The number of para-hydroxylation sites is 3. The van der Waals surface area contributed by atoms with Crippen LogP contribution in [0.5, 0.6) is 0 Å². The number of hydrogen-bond acceptors (Lipinski definition) is 2. The molecule has 0 amide bonds. The van der Waals surface area contributed by atoms with E-state index in [2.05, 4.69) is 34.6 Å². The van der Waals surface area contributed by atoms with Gasteiger partial charge in [-0.25, -0.2) is 4.98 Å². The fourth-order valence-corrected chi connectivity index (χ4v) is 3.15. The molecule has 0 spiro atoms. The molecule has 0 saturated heterocycles. The zero-order valence-electron chi connectivity index (χ0n) is 16.0. The van der Waals surface area contributed by atoms with E-state index < -0.39 is 6.10 Å². The van der Waals surface area contributed by atoms with Crippen LogP contribution in [-0.2, 0) is 0 Å². The van der Waals surface area contributed by atoms with Crippen molar-refractivity contribution >= 4 is 11.0 Å². The van der Waals surface area contributed by atoms with Crippen LogP contribution in [0.2, 0.25) is 0 Å². The number of hydrogen-bond donors (Lipinski definition) is 1. The third kappa shape index (κ3) is 3.43. The summed E-state index contributed by atoms with van der Waals surface area (Å²) in [4.78, 5) is 4.91. The maximum Gasteiger partial charge on any atom is 0.146 e. The Labute approximate surface area is 165 Å². The molecule has 0 radical (unpaired) electrons. The van der Waals surface area contributed by atoms with Gasteiger partial charge in [0.2, 0.25) is 0 Å². The summed E-state index contributed by atoms with van der Waals surface area (Å²) in [5.74, 6) is 7.07. The predicted octanol–water partition coefficient (Wildman–Crippen LogP) is 5.06. The summed E-state index contributed by atoms with van der Waals surface area (Å²) in [6, 6.07) is 26.3. The minimum Gasteiger partial charge on any atom is -0.380 e. The van der Waals surface area contributed by atoms with Gasteiger partial charge in [-0.15, -0.1) is 0 Å². The van der Waals surface area contributed by atoms with Gasteiger partial charge in [-0.1, -0.05) is 68.2 Å². The number of aliphatic hydroxyl groups excluding tert-OH is 1. The molecular formula is C25H22N2O. The Bertz CT molecular complexity index is 1160. The average molecular weight is 366 g/mol. The highest BCUT2D eigenvalue weighted by Crippen LogP contribution is 2.30. The lowest BCUT2D eigenvalue weighted by Gasteiger charge is -2.11. The van der Waals surface area contributed by atoms with E-state index in [0.29, 0.717) is 0 Å². The number of benzene rings is 3. The van der Waals surface area contributed by atoms with Crippen molar-refractivity contribution in [3.05, 3.63) is 84.4 Å². The van der Waals surface area contributed by atoms with E-state index in [-0.39, 0.29) is 5.92 Å². The molecule has 0 saturated carbocycles. The number of aliphatic hydroxyl groups is 1. The van der Waals surface area contributed by atoms with Gasteiger partial charge < -0.3 is 5.11 Å². The Morgan fingerprint density at radius 1 is 0.857 bits per heavy atom. The minimum atomic E-state index is -0.652. The molecule has 138 valence electrons. The normalized spacial score (nSPS) is 12.0. The molecule has 1 unspecified atom stereocenters. The second kappa shape index (κ2) is 7.72. The van der Waals surface area contributed by atoms with Crippen molar-refractivity contribution in [3.63, 3.8) is 0 Å². The lowest BCUT2D eigenvalue weighted by molar-refractivity contribution is 0.181. The van der Waals surface area contributed by atoms with Crippen LogP contribution in [0, 0.1) is 17.8 Å². The van der Waals surface area contributed by atoms with E-state index in [1.807, 2.05) is 74.5 Å². The van der Waals surface area contributed by atoms with Gasteiger partial charge in [0.1, 0.15) is 11.9 Å². The SMILES string of the molecule is CC(C)C(O)C#Cc1ccccc1-c1nc2ccccc2n1-c1ccccc1. The zero-order valence-corrected chi connectivity index (χ0v) is 16.0. The van der Waals surface area contributed by atoms with Crippen molar-refractivity contribution in [2.75, 3.05) is 0 Å². The van der Waals surface area contributed by atoms with E-state index in [9.17, 15) is 5.11 Å².